The molecule has 1 fully saturated rings. The Hall–Kier alpha value is -1.06. The molecule has 1 aromatic carbocycles. The fourth-order valence-electron chi connectivity index (χ4n) is 3.06. The Balaban J connectivity index is 2.08. The average Bonchev–Trinajstić information content (AvgIpc) is 2.98. The van der Waals surface area contributed by atoms with Gasteiger partial charge in [0.25, 0.3) is 0 Å². The van der Waals surface area contributed by atoms with Crippen LogP contribution in [0.15, 0.2) is 18.2 Å². The monoisotopic (exact) mass is 262 g/mol. The van der Waals surface area contributed by atoms with E-state index in [0.717, 1.165) is 30.4 Å². The number of benzene rings is 1. The second-order valence-corrected chi connectivity index (χ2v) is 5.35. The van der Waals surface area contributed by atoms with Crippen LogP contribution in [0.5, 0.6) is 5.75 Å². The second-order valence-electron chi connectivity index (χ2n) is 5.35. The third-order valence-corrected chi connectivity index (χ3v) is 4.20. The van der Waals surface area contributed by atoms with E-state index in [4.69, 9.17) is 10.5 Å². The highest BCUT2D eigenvalue weighted by atomic mass is 16.5. The minimum atomic E-state index is 0.531. The zero-order valence-electron chi connectivity index (χ0n) is 12.2. The summed E-state index contributed by atoms with van der Waals surface area (Å²) < 4.78 is 5.42. The molecule has 0 unspecified atom stereocenters. The van der Waals surface area contributed by atoms with E-state index in [9.17, 15) is 0 Å². The summed E-state index contributed by atoms with van der Waals surface area (Å²) in [5, 5.41) is 0. The molecule has 0 saturated heterocycles. The molecular formula is C16H26N2O. The zero-order valence-corrected chi connectivity index (χ0v) is 12.2. The molecule has 0 heterocycles. The molecule has 3 heteroatoms. The highest BCUT2D eigenvalue weighted by Crippen LogP contribution is 2.26. The van der Waals surface area contributed by atoms with Gasteiger partial charge in [-0.25, -0.2) is 0 Å². The first-order valence-corrected chi connectivity index (χ1v) is 7.38. The standard InChI is InChI=1S/C16H26N2O/c1-3-18(15-6-4-5-7-15)12-13-8-9-14(11-17)16(10-13)19-2/h8-10,15H,3-7,11-12,17H2,1-2H3. The lowest BCUT2D eigenvalue weighted by Crippen LogP contribution is -2.32. The highest BCUT2D eigenvalue weighted by molar-refractivity contribution is 5.37. The molecule has 0 spiro atoms. The van der Waals surface area contributed by atoms with Gasteiger partial charge in [-0.1, -0.05) is 31.9 Å². The van der Waals surface area contributed by atoms with Gasteiger partial charge >= 0.3 is 0 Å². The highest BCUT2D eigenvalue weighted by Gasteiger charge is 2.21. The Bertz CT molecular complexity index is 400. The van der Waals surface area contributed by atoms with Gasteiger partial charge in [0.2, 0.25) is 0 Å². The quantitative estimate of drug-likeness (QED) is 0.856. The van der Waals surface area contributed by atoms with E-state index >= 15 is 0 Å². The van der Waals surface area contributed by atoms with Crippen molar-refractivity contribution in [3.8, 4) is 5.75 Å². The van der Waals surface area contributed by atoms with E-state index in [1.807, 2.05) is 0 Å². The van der Waals surface area contributed by atoms with Crippen LogP contribution in [0.25, 0.3) is 0 Å². The van der Waals surface area contributed by atoms with Crippen LogP contribution < -0.4 is 10.5 Å². The molecule has 0 aliphatic heterocycles. The number of methoxy groups -OCH3 is 1. The van der Waals surface area contributed by atoms with Gasteiger partial charge in [-0.15, -0.1) is 0 Å². The molecule has 106 valence electrons. The van der Waals surface area contributed by atoms with Crippen molar-refractivity contribution in [1.82, 2.24) is 4.90 Å². The molecule has 1 saturated carbocycles. The van der Waals surface area contributed by atoms with Gasteiger partial charge in [0, 0.05) is 24.7 Å². The van der Waals surface area contributed by atoms with E-state index < -0.39 is 0 Å². The summed E-state index contributed by atoms with van der Waals surface area (Å²) >= 11 is 0. The predicted molar refractivity (Wildman–Crippen MR) is 79.2 cm³/mol. The Morgan fingerprint density at radius 3 is 2.63 bits per heavy atom. The number of ether oxygens (including phenoxy) is 1. The topological polar surface area (TPSA) is 38.5 Å². The average molecular weight is 262 g/mol. The molecule has 2 N–H and O–H groups in total. The van der Waals surface area contributed by atoms with E-state index in [1.165, 1.54) is 31.2 Å². The van der Waals surface area contributed by atoms with Crippen LogP contribution in [-0.4, -0.2) is 24.6 Å². The maximum absolute atomic E-state index is 5.71. The van der Waals surface area contributed by atoms with Crippen LogP contribution in [0.1, 0.15) is 43.7 Å². The second kappa shape index (κ2) is 6.92. The summed E-state index contributed by atoms with van der Waals surface area (Å²) in [4.78, 5) is 2.59. The fourth-order valence-corrected chi connectivity index (χ4v) is 3.06. The Labute approximate surface area is 116 Å². The van der Waals surface area contributed by atoms with E-state index in [-0.39, 0.29) is 0 Å². The third kappa shape index (κ3) is 3.48. The van der Waals surface area contributed by atoms with Crippen molar-refractivity contribution in [2.45, 2.75) is 51.7 Å². The first-order valence-electron chi connectivity index (χ1n) is 7.38. The van der Waals surface area contributed by atoms with Gasteiger partial charge in [-0.2, -0.15) is 0 Å². The summed E-state index contributed by atoms with van der Waals surface area (Å²) in [6.07, 6.45) is 5.48. The van der Waals surface area contributed by atoms with E-state index in [2.05, 4.69) is 30.0 Å². The van der Waals surface area contributed by atoms with Crippen molar-refractivity contribution in [2.24, 2.45) is 5.73 Å². The zero-order chi connectivity index (χ0) is 13.7. The van der Waals surface area contributed by atoms with Gasteiger partial charge < -0.3 is 10.5 Å². The van der Waals surface area contributed by atoms with Crippen molar-refractivity contribution in [3.63, 3.8) is 0 Å². The summed E-state index contributed by atoms with van der Waals surface area (Å²) in [7, 11) is 1.72. The van der Waals surface area contributed by atoms with Gasteiger partial charge in [-0.05, 0) is 31.0 Å². The molecule has 19 heavy (non-hydrogen) atoms. The number of nitrogens with zero attached hydrogens (tertiary/aromatic N) is 1. The van der Waals surface area contributed by atoms with Crippen LogP contribution in [-0.2, 0) is 13.1 Å². The molecule has 0 aromatic heterocycles. The summed E-state index contributed by atoms with van der Waals surface area (Å²) in [6.45, 7) is 4.92. The van der Waals surface area contributed by atoms with Crippen LogP contribution in [0.2, 0.25) is 0 Å². The summed E-state index contributed by atoms with van der Waals surface area (Å²) in [5.41, 5.74) is 8.11. The predicted octanol–water partition coefficient (Wildman–Crippen LogP) is 2.92. The molecule has 1 aliphatic carbocycles. The van der Waals surface area contributed by atoms with Crippen LogP contribution in [0, 0.1) is 0 Å². The molecule has 0 amide bonds. The lowest BCUT2D eigenvalue weighted by atomic mass is 10.1. The smallest absolute Gasteiger partial charge is 0.123 e. The summed E-state index contributed by atoms with van der Waals surface area (Å²) in [5.74, 6) is 0.919. The molecule has 1 aliphatic rings. The van der Waals surface area contributed by atoms with Gasteiger partial charge in [0.05, 0.1) is 7.11 Å². The fraction of sp³-hybridized carbons (Fsp3) is 0.625. The third-order valence-electron chi connectivity index (χ3n) is 4.20. The number of hydrogen-bond acceptors (Lipinski definition) is 3. The molecule has 0 atom stereocenters. The lowest BCUT2D eigenvalue weighted by molar-refractivity contribution is 0.200. The molecule has 2 rings (SSSR count). The maximum Gasteiger partial charge on any atom is 0.123 e. The maximum atomic E-state index is 5.71. The van der Waals surface area contributed by atoms with Crippen molar-refractivity contribution in [3.05, 3.63) is 29.3 Å². The normalized spacial score (nSPS) is 16.2. The molecule has 1 aromatic rings. The number of hydrogen-bond donors (Lipinski definition) is 1. The van der Waals surface area contributed by atoms with Gasteiger partial charge in [0.1, 0.15) is 5.75 Å². The van der Waals surface area contributed by atoms with Crippen molar-refractivity contribution >= 4 is 0 Å². The SMILES string of the molecule is CCN(Cc1ccc(CN)c(OC)c1)C1CCCC1. The number of rotatable bonds is 6. The minimum Gasteiger partial charge on any atom is -0.496 e. The molecule has 0 radical (unpaired) electrons. The van der Waals surface area contributed by atoms with Crippen LogP contribution in [0.3, 0.4) is 0 Å². The molecule has 0 bridgehead atoms. The van der Waals surface area contributed by atoms with E-state index in [1.54, 1.807) is 7.11 Å². The van der Waals surface area contributed by atoms with Crippen LogP contribution >= 0.6 is 0 Å². The lowest BCUT2D eigenvalue weighted by Gasteiger charge is -2.27. The van der Waals surface area contributed by atoms with Crippen molar-refractivity contribution in [2.75, 3.05) is 13.7 Å². The van der Waals surface area contributed by atoms with Gasteiger partial charge in [-0.3, -0.25) is 4.90 Å². The number of nitrogens with two attached hydrogens (primary N) is 1. The Morgan fingerprint density at radius 1 is 1.32 bits per heavy atom. The van der Waals surface area contributed by atoms with E-state index in [0.29, 0.717) is 6.54 Å². The first kappa shape index (κ1) is 14.4. The van der Waals surface area contributed by atoms with Crippen molar-refractivity contribution in [1.29, 1.82) is 0 Å². The first-order chi connectivity index (χ1) is 9.28. The molecular weight excluding hydrogens is 236 g/mol. The summed E-state index contributed by atoms with van der Waals surface area (Å²) in [6, 6.07) is 7.18. The molecule has 3 nitrogen and oxygen atoms in total. The van der Waals surface area contributed by atoms with Crippen LogP contribution in [0.4, 0.5) is 0 Å². The Kier molecular flexibility index (Phi) is 5.23. The van der Waals surface area contributed by atoms with Gasteiger partial charge in [0.15, 0.2) is 0 Å². The minimum absolute atomic E-state index is 0.531. The Morgan fingerprint density at radius 2 is 2.05 bits per heavy atom. The largest absolute Gasteiger partial charge is 0.496 e. The van der Waals surface area contributed by atoms with Crippen molar-refractivity contribution < 1.29 is 4.74 Å².